The van der Waals surface area contributed by atoms with Gasteiger partial charge >= 0.3 is 156 Å². The Balaban J connectivity index is 3.31. The quantitative estimate of drug-likeness (QED) is 0.386. The van der Waals surface area contributed by atoms with Gasteiger partial charge in [0.2, 0.25) is 0 Å². The van der Waals surface area contributed by atoms with Crippen molar-refractivity contribution in [2.24, 2.45) is 0 Å². The van der Waals surface area contributed by atoms with Gasteiger partial charge in [-0.05, 0) is 0 Å². The van der Waals surface area contributed by atoms with Crippen LogP contribution >= 0.6 is 0 Å². The third-order valence-electron chi connectivity index (χ3n) is 5.06. The number of hydrogen-bond acceptors (Lipinski definition) is 2. The molecule has 0 atom stereocenters. The summed E-state index contributed by atoms with van der Waals surface area (Å²) in [6, 6.07) is 0. The summed E-state index contributed by atoms with van der Waals surface area (Å²) in [5.74, 6) is 0. The zero-order chi connectivity index (χ0) is 18.2. The molecule has 0 bridgehead atoms. The van der Waals surface area contributed by atoms with Gasteiger partial charge in [0.25, 0.3) is 0 Å². The van der Waals surface area contributed by atoms with Crippen LogP contribution < -0.4 is 3.71 Å². The number of aryl methyl sites for hydroxylation is 1. The molecule has 0 unspecified atom stereocenters. The Labute approximate surface area is 155 Å². The van der Waals surface area contributed by atoms with Crippen molar-refractivity contribution in [2.45, 2.75) is 105 Å². The minimum atomic E-state index is -2.43. The van der Waals surface area contributed by atoms with Crippen molar-refractivity contribution in [2.75, 3.05) is 0 Å². The fourth-order valence-corrected chi connectivity index (χ4v) is 22.7. The van der Waals surface area contributed by atoms with Crippen LogP contribution in [0.15, 0.2) is 0 Å². The standard InChI is InChI=1S/C7H14N3Si.3C4H9.Sn/c1-7-5-10(9-8-7)6-11(2,3)4;3*1-3-4-2;/h6H2,1-4H3;3*1,3-4H2,2H3;. The average Bonchev–Trinajstić information content (AvgIpc) is 2.86. The van der Waals surface area contributed by atoms with Crippen LogP contribution in [0.5, 0.6) is 0 Å². The molecule has 1 heterocycles. The first-order chi connectivity index (χ1) is 11.3. The van der Waals surface area contributed by atoms with Gasteiger partial charge in [-0.1, -0.05) is 0 Å². The molecule has 3 nitrogen and oxygen atoms in total. The van der Waals surface area contributed by atoms with Crippen LogP contribution in [0.3, 0.4) is 0 Å². The monoisotopic (exact) mass is 459 g/mol. The summed E-state index contributed by atoms with van der Waals surface area (Å²) in [4.78, 5) is 0. The molecule has 0 saturated carbocycles. The van der Waals surface area contributed by atoms with Gasteiger partial charge in [-0.15, -0.1) is 0 Å². The van der Waals surface area contributed by atoms with Crippen LogP contribution in [0.4, 0.5) is 0 Å². The van der Waals surface area contributed by atoms with Crippen molar-refractivity contribution >= 4 is 30.2 Å². The van der Waals surface area contributed by atoms with E-state index in [0.29, 0.717) is 0 Å². The fraction of sp³-hybridized carbons (Fsp3) is 0.895. The third kappa shape index (κ3) is 6.47. The van der Waals surface area contributed by atoms with Crippen LogP contribution in [0, 0.1) is 6.92 Å². The van der Waals surface area contributed by atoms with Gasteiger partial charge < -0.3 is 0 Å². The molecule has 5 heteroatoms. The van der Waals surface area contributed by atoms with Crippen LogP contribution in [-0.2, 0) is 6.17 Å². The molecule has 0 aliphatic carbocycles. The van der Waals surface area contributed by atoms with Crippen molar-refractivity contribution in [1.29, 1.82) is 0 Å². The molecular formula is C19H41N3SiSn. The molecule has 0 aromatic carbocycles. The van der Waals surface area contributed by atoms with Gasteiger partial charge in [0.05, 0.1) is 0 Å². The van der Waals surface area contributed by atoms with Crippen molar-refractivity contribution in [3.8, 4) is 0 Å². The maximum atomic E-state index is 4.65. The van der Waals surface area contributed by atoms with Gasteiger partial charge in [0.1, 0.15) is 0 Å². The molecule has 1 aromatic heterocycles. The maximum absolute atomic E-state index is 4.65. The Morgan fingerprint density at radius 3 is 1.71 bits per heavy atom. The predicted molar refractivity (Wildman–Crippen MR) is 113 cm³/mol. The first-order valence-electron chi connectivity index (χ1n) is 10.2. The second kappa shape index (κ2) is 10.3. The molecular weight excluding hydrogens is 417 g/mol. The van der Waals surface area contributed by atoms with E-state index in [0.717, 1.165) is 6.17 Å². The molecule has 0 fully saturated rings. The summed E-state index contributed by atoms with van der Waals surface area (Å²) in [5.41, 5.74) is 1.27. The van der Waals surface area contributed by atoms with E-state index in [9.17, 15) is 0 Å². The molecule has 0 amide bonds. The van der Waals surface area contributed by atoms with Crippen LogP contribution in [0.1, 0.15) is 65.0 Å². The van der Waals surface area contributed by atoms with E-state index in [1.54, 1.807) is 3.71 Å². The predicted octanol–water partition coefficient (Wildman–Crippen LogP) is 5.52. The molecule has 140 valence electrons. The summed E-state index contributed by atoms with van der Waals surface area (Å²) in [7, 11) is -1.19. The summed E-state index contributed by atoms with van der Waals surface area (Å²) < 4.78 is 8.60. The van der Waals surface area contributed by atoms with Crippen molar-refractivity contribution < 1.29 is 0 Å². The second-order valence-corrected chi connectivity index (χ2v) is 27.2. The summed E-state index contributed by atoms with van der Waals surface area (Å²) in [6.07, 6.45) is 9.33. The molecule has 1 aromatic rings. The van der Waals surface area contributed by atoms with Crippen molar-refractivity contribution in [3.63, 3.8) is 0 Å². The van der Waals surface area contributed by atoms with Crippen molar-refractivity contribution in [3.05, 3.63) is 5.69 Å². The Morgan fingerprint density at radius 2 is 1.33 bits per heavy atom. The van der Waals surface area contributed by atoms with Gasteiger partial charge in [-0.2, -0.15) is 0 Å². The SMILES string of the molecule is CCC[CH2][Sn]([CH2]CCC)([CH2]CCC)[c]1c(C)nnn1C[Si](C)(C)C. The fourth-order valence-electron chi connectivity index (χ4n) is 3.89. The van der Waals surface area contributed by atoms with E-state index < -0.39 is 26.5 Å². The molecule has 0 spiro atoms. The van der Waals surface area contributed by atoms with Crippen LogP contribution in [-0.4, -0.2) is 41.4 Å². The number of rotatable bonds is 12. The molecule has 0 aliphatic heterocycles. The van der Waals surface area contributed by atoms with Crippen molar-refractivity contribution in [1.82, 2.24) is 15.0 Å². The van der Waals surface area contributed by atoms with E-state index >= 15 is 0 Å². The number of nitrogens with zero attached hydrogens (tertiary/aromatic N) is 3. The summed E-state index contributed by atoms with van der Waals surface area (Å²) in [5, 5.41) is 9.22. The number of hydrogen-bond donors (Lipinski definition) is 0. The Bertz CT molecular complexity index is 458. The zero-order valence-electron chi connectivity index (χ0n) is 17.4. The zero-order valence-corrected chi connectivity index (χ0v) is 21.3. The first-order valence-corrected chi connectivity index (χ1v) is 21.4. The molecule has 0 aliphatic rings. The van der Waals surface area contributed by atoms with E-state index in [4.69, 9.17) is 0 Å². The minimum absolute atomic E-state index is 1.15. The normalized spacial score (nSPS) is 12.8. The van der Waals surface area contributed by atoms with E-state index in [2.05, 4.69) is 62.3 Å². The summed E-state index contributed by atoms with van der Waals surface area (Å²) in [6.45, 7) is 16.6. The Kier molecular flexibility index (Phi) is 9.56. The van der Waals surface area contributed by atoms with Gasteiger partial charge in [0, 0.05) is 0 Å². The molecule has 0 saturated heterocycles. The Hall–Kier alpha value is 0.156. The number of aromatic nitrogens is 3. The van der Waals surface area contributed by atoms with E-state index in [1.165, 1.54) is 57.5 Å². The van der Waals surface area contributed by atoms with Crippen LogP contribution in [0.25, 0.3) is 0 Å². The average molecular weight is 458 g/mol. The molecule has 1 rings (SSSR count). The second-order valence-electron chi connectivity index (χ2n) is 8.83. The van der Waals surface area contributed by atoms with E-state index in [-0.39, 0.29) is 0 Å². The van der Waals surface area contributed by atoms with Crippen LogP contribution in [0.2, 0.25) is 33.0 Å². The Morgan fingerprint density at radius 1 is 0.875 bits per heavy atom. The first kappa shape index (κ1) is 22.2. The van der Waals surface area contributed by atoms with Gasteiger partial charge in [0.15, 0.2) is 0 Å². The van der Waals surface area contributed by atoms with Gasteiger partial charge in [-0.3, -0.25) is 0 Å². The van der Waals surface area contributed by atoms with Gasteiger partial charge in [-0.25, -0.2) is 0 Å². The van der Waals surface area contributed by atoms with E-state index in [1.807, 2.05) is 0 Å². The molecule has 0 radical (unpaired) electrons. The third-order valence-corrected chi connectivity index (χ3v) is 22.2. The summed E-state index contributed by atoms with van der Waals surface area (Å²) >= 11 is -2.43. The molecule has 24 heavy (non-hydrogen) atoms. The molecule has 0 N–H and O–H groups in total. The topological polar surface area (TPSA) is 30.7 Å². The number of unbranched alkanes of at least 4 members (excludes halogenated alkanes) is 3.